The molecular formula is C12H15N. The summed E-state index contributed by atoms with van der Waals surface area (Å²) in [5, 5.41) is 2.76. The van der Waals surface area contributed by atoms with E-state index in [1.165, 1.54) is 33.3 Å². The van der Waals surface area contributed by atoms with Crippen molar-refractivity contribution in [2.45, 2.75) is 27.7 Å². The van der Waals surface area contributed by atoms with Crippen LogP contribution in [0.15, 0.2) is 12.1 Å². The summed E-state index contributed by atoms with van der Waals surface area (Å²) in [4.78, 5) is 3.38. The van der Waals surface area contributed by atoms with Gasteiger partial charge in [-0.1, -0.05) is 12.1 Å². The normalized spacial score (nSPS) is 11.1. The average Bonchev–Trinajstić information content (AvgIpc) is 2.35. The van der Waals surface area contributed by atoms with Crippen molar-refractivity contribution in [3.8, 4) is 0 Å². The van der Waals surface area contributed by atoms with Crippen molar-refractivity contribution in [1.29, 1.82) is 0 Å². The van der Waals surface area contributed by atoms with Crippen molar-refractivity contribution in [3.63, 3.8) is 0 Å². The van der Waals surface area contributed by atoms with Crippen molar-refractivity contribution in [1.82, 2.24) is 4.98 Å². The zero-order valence-electron chi connectivity index (χ0n) is 8.65. The number of nitrogens with one attached hydrogen (secondary N) is 1. The first-order chi connectivity index (χ1) is 6.11. The Kier molecular flexibility index (Phi) is 1.69. The number of aromatic amines is 1. The van der Waals surface area contributed by atoms with E-state index in [2.05, 4.69) is 44.8 Å². The van der Waals surface area contributed by atoms with E-state index in [-0.39, 0.29) is 0 Å². The number of fused-ring (bicyclic) bond motifs is 1. The molecule has 1 nitrogen and oxygen atoms in total. The van der Waals surface area contributed by atoms with E-state index in [0.717, 1.165) is 0 Å². The summed E-state index contributed by atoms with van der Waals surface area (Å²) < 4.78 is 0. The highest BCUT2D eigenvalue weighted by molar-refractivity contribution is 5.91. The van der Waals surface area contributed by atoms with E-state index in [0.29, 0.717) is 0 Å². The van der Waals surface area contributed by atoms with Crippen LogP contribution in [0.2, 0.25) is 0 Å². The molecule has 0 radical (unpaired) electrons. The highest BCUT2D eigenvalue weighted by Gasteiger charge is 2.07. The highest BCUT2D eigenvalue weighted by Crippen LogP contribution is 2.26. The Morgan fingerprint density at radius 2 is 1.62 bits per heavy atom. The fraction of sp³-hybridized carbons (Fsp3) is 0.333. The van der Waals surface area contributed by atoms with Gasteiger partial charge in [0, 0.05) is 22.2 Å². The fourth-order valence-electron chi connectivity index (χ4n) is 2.02. The maximum atomic E-state index is 3.38. The minimum absolute atomic E-state index is 1.27. The van der Waals surface area contributed by atoms with Crippen molar-refractivity contribution in [2.24, 2.45) is 0 Å². The molecule has 68 valence electrons. The predicted molar refractivity (Wildman–Crippen MR) is 57.2 cm³/mol. The first-order valence-electron chi connectivity index (χ1n) is 4.66. The van der Waals surface area contributed by atoms with Crippen molar-refractivity contribution in [2.75, 3.05) is 0 Å². The van der Waals surface area contributed by atoms with Crippen LogP contribution in [-0.2, 0) is 0 Å². The molecule has 0 saturated carbocycles. The van der Waals surface area contributed by atoms with Gasteiger partial charge in [0.05, 0.1) is 0 Å². The number of hydrogen-bond donors (Lipinski definition) is 1. The Hall–Kier alpha value is -1.24. The third kappa shape index (κ3) is 1.07. The van der Waals surface area contributed by atoms with Gasteiger partial charge in [0.25, 0.3) is 0 Å². The first-order valence-corrected chi connectivity index (χ1v) is 4.66. The van der Waals surface area contributed by atoms with E-state index in [9.17, 15) is 0 Å². The molecule has 0 aliphatic rings. The number of rotatable bonds is 0. The second kappa shape index (κ2) is 2.63. The molecule has 0 aliphatic carbocycles. The first kappa shape index (κ1) is 8.36. The molecule has 0 spiro atoms. The molecule has 0 amide bonds. The number of benzene rings is 1. The van der Waals surface area contributed by atoms with Gasteiger partial charge >= 0.3 is 0 Å². The van der Waals surface area contributed by atoms with Crippen molar-refractivity contribution < 1.29 is 0 Å². The molecule has 2 aromatic rings. The summed E-state index contributed by atoms with van der Waals surface area (Å²) in [5.74, 6) is 0. The lowest BCUT2D eigenvalue weighted by Crippen LogP contribution is -1.82. The third-order valence-electron chi connectivity index (χ3n) is 2.89. The molecule has 13 heavy (non-hydrogen) atoms. The van der Waals surface area contributed by atoms with Crippen LogP contribution < -0.4 is 0 Å². The number of aryl methyl sites for hydroxylation is 4. The van der Waals surface area contributed by atoms with Crippen LogP contribution in [0.25, 0.3) is 10.8 Å². The Morgan fingerprint density at radius 1 is 0.923 bits per heavy atom. The van der Waals surface area contributed by atoms with Crippen LogP contribution >= 0.6 is 0 Å². The molecule has 0 aliphatic heterocycles. The molecule has 0 bridgehead atoms. The monoisotopic (exact) mass is 173 g/mol. The average molecular weight is 173 g/mol. The van der Waals surface area contributed by atoms with Crippen LogP contribution in [0.1, 0.15) is 22.5 Å². The van der Waals surface area contributed by atoms with Gasteiger partial charge in [-0.25, -0.2) is 0 Å². The maximum absolute atomic E-state index is 3.38. The van der Waals surface area contributed by atoms with Crippen LogP contribution in [0.3, 0.4) is 0 Å². The minimum atomic E-state index is 1.27. The van der Waals surface area contributed by atoms with Crippen LogP contribution in [0.4, 0.5) is 0 Å². The zero-order chi connectivity index (χ0) is 9.59. The smallest absolute Gasteiger partial charge is 0.0200 e. The predicted octanol–water partition coefficient (Wildman–Crippen LogP) is 3.40. The van der Waals surface area contributed by atoms with Crippen molar-refractivity contribution >= 4 is 10.8 Å². The van der Waals surface area contributed by atoms with Gasteiger partial charge in [-0.05, 0) is 38.8 Å². The molecule has 1 heteroatoms. The molecule has 0 fully saturated rings. The van der Waals surface area contributed by atoms with Gasteiger partial charge in [0.15, 0.2) is 0 Å². The SMILES string of the molecule is Cc1ccc2c(C)[nH]c(C)c2c1C. The third-order valence-corrected chi connectivity index (χ3v) is 2.89. The van der Waals surface area contributed by atoms with Crippen LogP contribution in [0, 0.1) is 27.7 Å². The summed E-state index contributed by atoms with van der Waals surface area (Å²) in [7, 11) is 0. The Morgan fingerprint density at radius 3 is 2.31 bits per heavy atom. The molecule has 0 saturated heterocycles. The molecular weight excluding hydrogens is 158 g/mol. The van der Waals surface area contributed by atoms with Gasteiger partial charge in [-0.15, -0.1) is 0 Å². The Bertz CT molecular complexity index is 463. The van der Waals surface area contributed by atoms with E-state index >= 15 is 0 Å². The van der Waals surface area contributed by atoms with E-state index in [1.54, 1.807) is 0 Å². The highest BCUT2D eigenvalue weighted by atomic mass is 14.7. The molecule has 1 heterocycles. The molecule has 1 aromatic heterocycles. The number of hydrogen-bond acceptors (Lipinski definition) is 0. The molecule has 0 atom stereocenters. The summed E-state index contributed by atoms with van der Waals surface area (Å²) in [6.07, 6.45) is 0. The summed E-state index contributed by atoms with van der Waals surface area (Å²) >= 11 is 0. The Balaban J connectivity index is 2.98. The topological polar surface area (TPSA) is 15.8 Å². The summed E-state index contributed by atoms with van der Waals surface area (Å²) in [6, 6.07) is 4.40. The quantitative estimate of drug-likeness (QED) is 0.628. The standard InChI is InChI=1S/C12H15N/c1-7-5-6-11-9(3)13-10(4)12(11)8(7)2/h5-6,13H,1-4H3. The molecule has 0 unspecified atom stereocenters. The number of H-pyrrole nitrogens is 1. The fourth-order valence-corrected chi connectivity index (χ4v) is 2.02. The zero-order valence-corrected chi connectivity index (χ0v) is 8.65. The second-order valence-corrected chi connectivity index (χ2v) is 3.81. The van der Waals surface area contributed by atoms with Gasteiger partial charge in [-0.3, -0.25) is 0 Å². The summed E-state index contributed by atoms with van der Waals surface area (Å²) in [5.41, 5.74) is 5.33. The lowest BCUT2D eigenvalue weighted by molar-refractivity contribution is 1.20. The molecule has 1 aromatic carbocycles. The maximum Gasteiger partial charge on any atom is 0.0200 e. The second-order valence-electron chi connectivity index (χ2n) is 3.81. The van der Waals surface area contributed by atoms with Gasteiger partial charge in [0.2, 0.25) is 0 Å². The molecule has 1 N–H and O–H groups in total. The largest absolute Gasteiger partial charge is 0.362 e. The Labute approximate surface area is 78.8 Å². The van der Waals surface area contributed by atoms with Crippen molar-refractivity contribution in [3.05, 3.63) is 34.6 Å². The van der Waals surface area contributed by atoms with Gasteiger partial charge in [-0.2, -0.15) is 0 Å². The van der Waals surface area contributed by atoms with Crippen LogP contribution in [-0.4, -0.2) is 4.98 Å². The van der Waals surface area contributed by atoms with Crippen LogP contribution in [0.5, 0.6) is 0 Å². The lowest BCUT2D eigenvalue weighted by atomic mass is 10.0. The minimum Gasteiger partial charge on any atom is -0.362 e. The number of aromatic nitrogens is 1. The summed E-state index contributed by atoms with van der Waals surface area (Å²) in [6.45, 7) is 8.63. The lowest BCUT2D eigenvalue weighted by Gasteiger charge is -2.02. The van der Waals surface area contributed by atoms with Gasteiger partial charge in [0.1, 0.15) is 0 Å². The molecule has 2 rings (SSSR count). The van der Waals surface area contributed by atoms with E-state index in [4.69, 9.17) is 0 Å². The van der Waals surface area contributed by atoms with E-state index in [1.807, 2.05) is 0 Å². The van der Waals surface area contributed by atoms with E-state index < -0.39 is 0 Å². The van der Waals surface area contributed by atoms with Gasteiger partial charge < -0.3 is 4.98 Å².